The third-order valence-corrected chi connectivity index (χ3v) is 5.56. The van der Waals surface area contributed by atoms with Crippen molar-refractivity contribution >= 4 is 28.2 Å². The topological polar surface area (TPSA) is 85.3 Å². The van der Waals surface area contributed by atoms with Gasteiger partial charge in [0.15, 0.2) is 0 Å². The normalized spacial score (nSPS) is 13.8. The minimum atomic E-state index is 0.261. The lowest BCUT2D eigenvalue weighted by atomic mass is 10.1. The van der Waals surface area contributed by atoms with Gasteiger partial charge in [-0.25, -0.2) is 15.0 Å². The highest BCUT2D eigenvalue weighted by molar-refractivity contribution is 5.92. The van der Waals surface area contributed by atoms with Gasteiger partial charge in [-0.2, -0.15) is 0 Å². The molecule has 0 amide bonds. The Kier molecular flexibility index (Phi) is 5.28. The van der Waals surface area contributed by atoms with Gasteiger partial charge in [-0.1, -0.05) is 0 Å². The molecule has 162 valence electrons. The SMILES string of the molecule is COC1CN(c2cc3c(Nc4ccc(Oc5ccc(C)nc5)c(C)c4)ncnc3cn2)C1. The van der Waals surface area contributed by atoms with Crippen molar-refractivity contribution in [3.8, 4) is 11.5 Å². The Hall–Kier alpha value is -3.78. The first kappa shape index (κ1) is 20.1. The number of hydrogen-bond acceptors (Lipinski definition) is 8. The van der Waals surface area contributed by atoms with E-state index in [1.165, 1.54) is 0 Å². The lowest BCUT2D eigenvalue weighted by Crippen LogP contribution is -2.52. The molecule has 4 aromatic rings. The second-order valence-electron chi connectivity index (χ2n) is 7.89. The smallest absolute Gasteiger partial charge is 0.145 e. The Balaban J connectivity index is 1.37. The van der Waals surface area contributed by atoms with Gasteiger partial charge in [0.2, 0.25) is 0 Å². The van der Waals surface area contributed by atoms with Gasteiger partial charge in [-0.3, -0.25) is 4.98 Å². The Morgan fingerprint density at radius 3 is 2.59 bits per heavy atom. The molecule has 8 nitrogen and oxygen atoms in total. The summed E-state index contributed by atoms with van der Waals surface area (Å²) < 4.78 is 11.3. The molecule has 3 aromatic heterocycles. The third-order valence-electron chi connectivity index (χ3n) is 5.56. The zero-order valence-corrected chi connectivity index (χ0v) is 18.2. The predicted molar refractivity (Wildman–Crippen MR) is 124 cm³/mol. The molecule has 5 rings (SSSR count). The number of pyridine rings is 2. The van der Waals surface area contributed by atoms with Gasteiger partial charge in [0.1, 0.15) is 29.5 Å². The molecular formula is C24H24N6O2. The zero-order valence-electron chi connectivity index (χ0n) is 18.2. The Labute approximate surface area is 186 Å². The monoisotopic (exact) mass is 428 g/mol. The van der Waals surface area contributed by atoms with Crippen molar-refractivity contribution in [1.29, 1.82) is 0 Å². The van der Waals surface area contributed by atoms with Gasteiger partial charge in [0, 0.05) is 37.0 Å². The summed E-state index contributed by atoms with van der Waals surface area (Å²) in [5.74, 6) is 3.13. The highest BCUT2D eigenvalue weighted by Gasteiger charge is 2.27. The first-order chi connectivity index (χ1) is 15.6. The highest BCUT2D eigenvalue weighted by Crippen LogP contribution is 2.31. The van der Waals surface area contributed by atoms with Crippen molar-refractivity contribution in [2.75, 3.05) is 30.4 Å². The lowest BCUT2D eigenvalue weighted by Gasteiger charge is -2.39. The van der Waals surface area contributed by atoms with E-state index in [2.05, 4.69) is 30.2 Å². The number of hydrogen-bond donors (Lipinski definition) is 1. The second-order valence-corrected chi connectivity index (χ2v) is 7.89. The van der Waals surface area contributed by atoms with E-state index in [4.69, 9.17) is 9.47 Å². The number of benzene rings is 1. The molecule has 0 unspecified atom stereocenters. The van der Waals surface area contributed by atoms with Crippen molar-refractivity contribution in [2.45, 2.75) is 20.0 Å². The van der Waals surface area contributed by atoms with Gasteiger partial charge in [-0.15, -0.1) is 0 Å². The van der Waals surface area contributed by atoms with Crippen molar-refractivity contribution in [3.05, 3.63) is 66.4 Å². The van der Waals surface area contributed by atoms with Crippen LogP contribution in [-0.2, 0) is 4.74 Å². The molecular weight excluding hydrogens is 404 g/mol. The maximum Gasteiger partial charge on any atom is 0.145 e. The number of rotatable bonds is 6. The number of aromatic nitrogens is 4. The van der Waals surface area contributed by atoms with E-state index in [-0.39, 0.29) is 6.10 Å². The van der Waals surface area contributed by atoms with E-state index >= 15 is 0 Å². The van der Waals surface area contributed by atoms with Crippen LogP contribution in [0.5, 0.6) is 11.5 Å². The second kappa shape index (κ2) is 8.39. The average molecular weight is 428 g/mol. The van der Waals surface area contributed by atoms with Crippen LogP contribution in [-0.4, -0.2) is 46.2 Å². The van der Waals surface area contributed by atoms with E-state index < -0.39 is 0 Å². The molecule has 1 N–H and O–H groups in total. The number of nitrogens with one attached hydrogen (secondary N) is 1. The molecule has 0 spiro atoms. The van der Waals surface area contributed by atoms with Crippen molar-refractivity contribution in [2.24, 2.45) is 0 Å². The standard InChI is InChI=1S/C24H24N6O2/c1-15-8-17(5-7-22(15)32-18-6-4-16(2)25-10-18)29-24-20-9-23(30-12-19(13-30)31-3)26-11-21(20)27-14-28-24/h4-11,14,19H,12-13H2,1-3H3,(H,27,28,29). The van der Waals surface area contributed by atoms with E-state index in [1.807, 2.05) is 50.2 Å². The molecule has 1 saturated heterocycles. The molecule has 0 bridgehead atoms. The molecule has 4 heterocycles. The maximum atomic E-state index is 5.98. The number of nitrogens with zero attached hydrogens (tertiary/aromatic N) is 5. The van der Waals surface area contributed by atoms with E-state index in [0.29, 0.717) is 5.75 Å². The van der Waals surface area contributed by atoms with Crippen molar-refractivity contribution < 1.29 is 9.47 Å². The third kappa shape index (κ3) is 4.04. The van der Waals surface area contributed by atoms with Gasteiger partial charge in [0.05, 0.1) is 24.0 Å². The van der Waals surface area contributed by atoms with Gasteiger partial charge < -0.3 is 19.7 Å². The quantitative estimate of drug-likeness (QED) is 0.483. The molecule has 0 saturated carbocycles. The molecule has 1 aliphatic heterocycles. The Morgan fingerprint density at radius 1 is 0.969 bits per heavy atom. The van der Waals surface area contributed by atoms with Gasteiger partial charge in [-0.05, 0) is 55.8 Å². The molecule has 1 fully saturated rings. The summed E-state index contributed by atoms with van der Waals surface area (Å²) in [5, 5.41) is 4.34. The van der Waals surface area contributed by atoms with E-state index in [9.17, 15) is 0 Å². The Morgan fingerprint density at radius 2 is 1.84 bits per heavy atom. The van der Waals surface area contributed by atoms with Gasteiger partial charge in [0.25, 0.3) is 0 Å². The van der Waals surface area contributed by atoms with Crippen LogP contribution in [0.25, 0.3) is 10.9 Å². The van der Waals surface area contributed by atoms with Crippen LogP contribution in [0.1, 0.15) is 11.3 Å². The fourth-order valence-corrected chi connectivity index (χ4v) is 3.61. The number of aryl methyl sites for hydroxylation is 2. The summed E-state index contributed by atoms with van der Waals surface area (Å²) in [5.41, 5.74) is 3.66. The van der Waals surface area contributed by atoms with Gasteiger partial charge >= 0.3 is 0 Å². The number of anilines is 3. The molecule has 1 aromatic carbocycles. The van der Waals surface area contributed by atoms with E-state index in [0.717, 1.165) is 58.3 Å². The van der Waals surface area contributed by atoms with Crippen LogP contribution in [0.2, 0.25) is 0 Å². The highest BCUT2D eigenvalue weighted by atomic mass is 16.5. The molecule has 0 aliphatic carbocycles. The molecule has 32 heavy (non-hydrogen) atoms. The number of methoxy groups -OCH3 is 1. The van der Waals surface area contributed by atoms with Crippen LogP contribution in [0.3, 0.4) is 0 Å². The first-order valence-electron chi connectivity index (χ1n) is 10.5. The summed E-state index contributed by atoms with van der Waals surface area (Å²) >= 11 is 0. The number of ether oxygens (including phenoxy) is 2. The van der Waals surface area contributed by atoms with Crippen LogP contribution in [0.15, 0.2) is 55.1 Å². The first-order valence-corrected chi connectivity index (χ1v) is 10.5. The van der Waals surface area contributed by atoms with Crippen LogP contribution >= 0.6 is 0 Å². The fraction of sp³-hybridized carbons (Fsp3) is 0.250. The van der Waals surface area contributed by atoms with Crippen molar-refractivity contribution in [3.63, 3.8) is 0 Å². The fourth-order valence-electron chi connectivity index (χ4n) is 3.61. The molecule has 0 radical (unpaired) electrons. The summed E-state index contributed by atoms with van der Waals surface area (Å²) in [6, 6.07) is 11.8. The maximum absolute atomic E-state index is 5.98. The minimum Gasteiger partial charge on any atom is -0.455 e. The zero-order chi connectivity index (χ0) is 22.1. The minimum absolute atomic E-state index is 0.261. The average Bonchev–Trinajstić information content (AvgIpc) is 2.77. The Bertz CT molecular complexity index is 1260. The summed E-state index contributed by atoms with van der Waals surface area (Å²) in [4.78, 5) is 19.8. The molecule has 0 atom stereocenters. The molecule has 1 aliphatic rings. The van der Waals surface area contributed by atoms with E-state index in [1.54, 1.807) is 25.8 Å². The summed E-state index contributed by atoms with van der Waals surface area (Å²) in [6.45, 7) is 5.63. The van der Waals surface area contributed by atoms with Crippen LogP contribution in [0, 0.1) is 13.8 Å². The largest absolute Gasteiger partial charge is 0.455 e. The van der Waals surface area contributed by atoms with Crippen molar-refractivity contribution in [1.82, 2.24) is 19.9 Å². The number of fused-ring (bicyclic) bond motifs is 1. The summed E-state index contributed by atoms with van der Waals surface area (Å²) in [6.07, 6.45) is 5.32. The predicted octanol–water partition coefficient (Wildman–Crippen LogP) is 4.41. The van der Waals surface area contributed by atoms with Crippen LogP contribution < -0.4 is 15.0 Å². The summed E-state index contributed by atoms with van der Waals surface area (Å²) in [7, 11) is 1.74. The molecule has 8 heteroatoms. The van der Waals surface area contributed by atoms with Crippen LogP contribution in [0.4, 0.5) is 17.3 Å². The lowest BCUT2D eigenvalue weighted by molar-refractivity contribution is 0.0783.